The third-order valence-corrected chi connectivity index (χ3v) is 5.08. The van der Waals surface area contributed by atoms with Crippen molar-refractivity contribution >= 4 is 33.2 Å². The van der Waals surface area contributed by atoms with Crippen LogP contribution in [0.2, 0.25) is 0 Å². The van der Waals surface area contributed by atoms with Gasteiger partial charge in [-0.05, 0) is 35.4 Å². The number of fused-ring (bicyclic) bond motifs is 1. The Balaban J connectivity index is 1.57. The van der Waals surface area contributed by atoms with Gasteiger partial charge in [0.15, 0.2) is 5.01 Å². The van der Waals surface area contributed by atoms with Crippen LogP contribution in [0.4, 0.5) is 4.39 Å². The molecule has 0 aliphatic rings. The number of aryl methyl sites for hydroxylation is 1. The second-order valence-corrected chi connectivity index (χ2v) is 7.09. The molecule has 2 heterocycles. The van der Waals surface area contributed by atoms with Crippen LogP contribution in [0.1, 0.15) is 16.8 Å². The van der Waals surface area contributed by atoms with Gasteiger partial charge in [-0.3, -0.25) is 4.79 Å². The van der Waals surface area contributed by atoms with E-state index < -0.39 is 5.91 Å². The molecule has 29 heavy (non-hydrogen) atoms. The lowest BCUT2D eigenvalue weighted by atomic mass is 10.1. The first-order valence-corrected chi connectivity index (χ1v) is 9.31. The standard InChI is InChI=1S/C19H14FN5O3S/c1-10-23-24-16(28-10)9-21-18(26)17(25-27)19-22-14-7-4-12(8-15(14)29-19)11-2-5-13(20)6-3-11/h2-8,27H,9H2,1H3,(H,21,26)/b25-17-. The Morgan fingerprint density at radius 1 is 1.21 bits per heavy atom. The Kier molecular flexibility index (Phi) is 5.00. The number of rotatable bonds is 5. The maximum atomic E-state index is 13.1. The molecule has 8 nitrogen and oxygen atoms in total. The first kappa shape index (κ1) is 18.7. The summed E-state index contributed by atoms with van der Waals surface area (Å²) in [5.74, 6) is -0.309. The second kappa shape index (κ2) is 7.76. The number of halogens is 1. The topological polar surface area (TPSA) is 114 Å². The average Bonchev–Trinajstić information content (AvgIpc) is 3.32. The molecule has 2 N–H and O–H groups in total. The van der Waals surface area contributed by atoms with Crippen LogP contribution in [-0.4, -0.2) is 32.0 Å². The van der Waals surface area contributed by atoms with Gasteiger partial charge in [0.2, 0.25) is 17.5 Å². The number of thiazole rings is 1. The quantitative estimate of drug-likeness (QED) is 0.296. The number of nitrogens with one attached hydrogen (secondary N) is 1. The minimum atomic E-state index is -0.624. The molecule has 4 aromatic rings. The molecule has 0 radical (unpaired) electrons. The monoisotopic (exact) mass is 411 g/mol. The summed E-state index contributed by atoms with van der Waals surface area (Å²) in [5.41, 5.74) is 2.17. The minimum absolute atomic E-state index is 0.00168. The Bertz CT molecular complexity index is 1220. The van der Waals surface area contributed by atoms with Crippen molar-refractivity contribution in [2.75, 3.05) is 0 Å². The maximum Gasteiger partial charge on any atom is 0.276 e. The van der Waals surface area contributed by atoms with Gasteiger partial charge in [-0.15, -0.1) is 21.5 Å². The summed E-state index contributed by atoms with van der Waals surface area (Å²) in [6.07, 6.45) is 0. The summed E-state index contributed by atoms with van der Waals surface area (Å²) in [7, 11) is 0. The van der Waals surface area contributed by atoms with Gasteiger partial charge >= 0.3 is 0 Å². The van der Waals surface area contributed by atoms with E-state index in [1.54, 1.807) is 25.1 Å². The Hall–Kier alpha value is -3.66. The van der Waals surface area contributed by atoms with Gasteiger partial charge in [0.25, 0.3) is 5.91 Å². The van der Waals surface area contributed by atoms with Crippen LogP contribution in [0.15, 0.2) is 52.0 Å². The summed E-state index contributed by atoms with van der Waals surface area (Å²) in [6.45, 7) is 1.64. The van der Waals surface area contributed by atoms with Crippen molar-refractivity contribution in [1.29, 1.82) is 0 Å². The van der Waals surface area contributed by atoms with Gasteiger partial charge in [0.1, 0.15) is 5.82 Å². The van der Waals surface area contributed by atoms with E-state index in [4.69, 9.17) is 4.42 Å². The smallest absolute Gasteiger partial charge is 0.276 e. The lowest BCUT2D eigenvalue weighted by molar-refractivity contribution is -0.115. The van der Waals surface area contributed by atoms with Crippen molar-refractivity contribution in [1.82, 2.24) is 20.5 Å². The Morgan fingerprint density at radius 3 is 2.66 bits per heavy atom. The predicted molar refractivity (Wildman–Crippen MR) is 104 cm³/mol. The normalized spacial score (nSPS) is 11.7. The van der Waals surface area contributed by atoms with Crippen LogP contribution in [-0.2, 0) is 11.3 Å². The summed E-state index contributed by atoms with van der Waals surface area (Å²) in [4.78, 5) is 16.8. The van der Waals surface area contributed by atoms with Crippen LogP contribution in [0.3, 0.4) is 0 Å². The van der Waals surface area contributed by atoms with E-state index in [9.17, 15) is 14.4 Å². The van der Waals surface area contributed by atoms with E-state index in [0.717, 1.165) is 15.8 Å². The number of hydrogen-bond donors (Lipinski definition) is 2. The van der Waals surface area contributed by atoms with Crippen LogP contribution in [0, 0.1) is 12.7 Å². The Morgan fingerprint density at radius 2 is 1.97 bits per heavy atom. The molecule has 2 aromatic carbocycles. The minimum Gasteiger partial charge on any atom is -0.424 e. The van der Waals surface area contributed by atoms with Gasteiger partial charge in [-0.2, -0.15) is 0 Å². The zero-order chi connectivity index (χ0) is 20.4. The molecule has 0 spiro atoms. The number of amides is 1. The average molecular weight is 411 g/mol. The van der Waals surface area contributed by atoms with Crippen molar-refractivity contribution < 1.29 is 18.8 Å². The second-order valence-electron chi connectivity index (χ2n) is 6.05. The van der Waals surface area contributed by atoms with Crippen molar-refractivity contribution in [3.63, 3.8) is 0 Å². The molecular weight excluding hydrogens is 397 g/mol. The number of carbonyl (C=O) groups is 1. The van der Waals surface area contributed by atoms with Gasteiger partial charge in [-0.1, -0.05) is 23.4 Å². The molecule has 0 saturated carbocycles. The summed E-state index contributed by atoms with van der Waals surface area (Å²) in [6, 6.07) is 11.7. The van der Waals surface area contributed by atoms with Crippen LogP contribution in [0.25, 0.3) is 21.3 Å². The summed E-state index contributed by atoms with van der Waals surface area (Å²) in [5, 5.41) is 22.7. The number of benzene rings is 2. The van der Waals surface area contributed by atoms with Gasteiger partial charge in [0.05, 0.1) is 16.8 Å². The number of carbonyl (C=O) groups excluding carboxylic acids is 1. The fraction of sp³-hybridized carbons (Fsp3) is 0.105. The van der Waals surface area contributed by atoms with Crippen molar-refractivity contribution in [2.24, 2.45) is 5.16 Å². The molecule has 10 heteroatoms. The summed E-state index contributed by atoms with van der Waals surface area (Å²) >= 11 is 1.21. The van der Waals surface area contributed by atoms with Crippen molar-refractivity contribution in [2.45, 2.75) is 13.5 Å². The van der Waals surface area contributed by atoms with Crippen molar-refractivity contribution in [3.8, 4) is 11.1 Å². The van der Waals surface area contributed by atoms with Gasteiger partial charge in [-0.25, -0.2) is 9.37 Å². The molecule has 146 valence electrons. The molecule has 1 amide bonds. The number of aromatic nitrogens is 3. The highest BCUT2D eigenvalue weighted by molar-refractivity contribution is 7.21. The molecule has 0 bridgehead atoms. The van der Waals surface area contributed by atoms with Crippen LogP contribution < -0.4 is 5.32 Å². The van der Waals surface area contributed by atoms with Gasteiger partial charge in [0, 0.05) is 6.92 Å². The van der Waals surface area contributed by atoms with Gasteiger partial charge < -0.3 is 14.9 Å². The SMILES string of the molecule is Cc1nnc(CNC(=O)/C(=N/O)c2nc3ccc(-c4ccc(F)cc4)cc3s2)o1. The number of hydrogen-bond acceptors (Lipinski definition) is 8. The lowest BCUT2D eigenvalue weighted by Crippen LogP contribution is -2.31. The maximum absolute atomic E-state index is 13.1. The highest BCUT2D eigenvalue weighted by atomic mass is 32.1. The molecule has 0 fully saturated rings. The number of oxime groups is 1. The molecule has 2 aromatic heterocycles. The third kappa shape index (κ3) is 3.97. The molecule has 0 saturated heterocycles. The lowest BCUT2D eigenvalue weighted by Gasteiger charge is -2.01. The van der Waals surface area contributed by atoms with E-state index >= 15 is 0 Å². The fourth-order valence-corrected chi connectivity index (χ4v) is 3.67. The Labute approximate surface area is 167 Å². The zero-order valence-electron chi connectivity index (χ0n) is 15.1. The molecule has 0 atom stereocenters. The summed E-state index contributed by atoms with van der Waals surface area (Å²) < 4.78 is 19.1. The van der Waals surface area contributed by atoms with E-state index in [2.05, 4.69) is 25.7 Å². The number of nitrogens with zero attached hydrogens (tertiary/aromatic N) is 4. The largest absolute Gasteiger partial charge is 0.424 e. The third-order valence-electron chi connectivity index (χ3n) is 4.05. The van der Waals surface area contributed by atoms with Crippen LogP contribution >= 0.6 is 11.3 Å². The first-order chi connectivity index (χ1) is 14.0. The molecule has 0 unspecified atom stereocenters. The predicted octanol–water partition coefficient (Wildman–Crippen LogP) is 3.29. The van der Waals surface area contributed by atoms with E-state index in [-0.39, 0.29) is 29.0 Å². The van der Waals surface area contributed by atoms with E-state index in [1.807, 2.05) is 12.1 Å². The first-order valence-electron chi connectivity index (χ1n) is 8.49. The molecule has 0 aliphatic carbocycles. The zero-order valence-corrected chi connectivity index (χ0v) is 15.9. The highest BCUT2D eigenvalue weighted by Gasteiger charge is 2.20. The highest BCUT2D eigenvalue weighted by Crippen LogP contribution is 2.28. The van der Waals surface area contributed by atoms with Crippen molar-refractivity contribution in [3.05, 3.63) is 65.1 Å². The fourth-order valence-electron chi connectivity index (χ4n) is 2.68. The molecule has 4 rings (SSSR count). The molecular formula is C19H14FN5O3S. The van der Waals surface area contributed by atoms with Crippen LogP contribution in [0.5, 0.6) is 0 Å². The van der Waals surface area contributed by atoms with E-state index in [0.29, 0.717) is 11.4 Å². The van der Waals surface area contributed by atoms with E-state index in [1.165, 1.54) is 23.5 Å². The molecule has 0 aliphatic heterocycles.